The van der Waals surface area contributed by atoms with Crippen LogP contribution in [0.1, 0.15) is 17.2 Å². The van der Waals surface area contributed by atoms with E-state index in [1.807, 2.05) is 0 Å². The van der Waals surface area contributed by atoms with Gasteiger partial charge in [-0.05, 0) is 42.0 Å². The quantitative estimate of drug-likeness (QED) is 0.0372. The second kappa shape index (κ2) is 20.3. The van der Waals surface area contributed by atoms with Crippen LogP contribution in [0.25, 0.3) is 28.4 Å². The summed E-state index contributed by atoms with van der Waals surface area (Å²) in [5.41, 5.74) is -1.59. The molecule has 67 heavy (non-hydrogen) atoms. The van der Waals surface area contributed by atoms with Crippen LogP contribution < -0.4 is 10.2 Å². The summed E-state index contributed by atoms with van der Waals surface area (Å²) in [5.74, 6) is -4.50. The van der Waals surface area contributed by atoms with E-state index in [0.29, 0.717) is 0 Å². The molecule has 4 heterocycles. The molecule has 4 aromatic rings. The number of rotatable bonds is 13. The summed E-state index contributed by atoms with van der Waals surface area (Å²) in [4.78, 5) is 27.5. The van der Waals surface area contributed by atoms with E-state index in [4.69, 9.17) is 37.6 Å². The highest BCUT2D eigenvalue weighted by Gasteiger charge is 2.56. The number of carbonyl (C=O) groups excluding carboxylic acids is 1. The van der Waals surface area contributed by atoms with E-state index >= 15 is 0 Å². The molecule has 7 rings (SSSR count). The molecule has 1 aromatic heterocycles. The molecule has 0 spiro atoms. The standard InChI is InChI=1S/C43H48O24/c1-60-23-9-16(4-6-18(23)48)22-10-20(50)29-24(61-22)11-21(51)30(34(29)56)38-41(65-28(52)7-3-15-2-5-17(47)19(49)8-15)39(33(55)27(14-46)62-38)66-43-40(36(58)32(54)26(13-45)64-43)67-42-37(59)35(57)31(53)25(12-44)63-42/h2-11,25-27,31-33,35-49,51,53-59H,12-14H2,1H3/b7-3+/t25-,26+,27-,31-,32+,33+,35+,36-,37+,38+,39-,40+,41-,42+,43-/m1/s1. The Kier molecular flexibility index (Phi) is 14.9. The predicted molar refractivity (Wildman–Crippen MR) is 220 cm³/mol. The van der Waals surface area contributed by atoms with Crippen LogP contribution in [-0.2, 0) is 33.2 Å². The topological polar surface area (TPSA) is 395 Å². The van der Waals surface area contributed by atoms with Gasteiger partial charge in [0.25, 0.3) is 0 Å². The van der Waals surface area contributed by atoms with Gasteiger partial charge in [0.15, 0.2) is 47.1 Å². The van der Waals surface area contributed by atoms with E-state index in [0.717, 1.165) is 36.4 Å². The maximum Gasteiger partial charge on any atom is 0.331 e. The van der Waals surface area contributed by atoms with Crippen molar-refractivity contribution >= 4 is 23.0 Å². The Morgan fingerprint density at radius 1 is 0.642 bits per heavy atom. The van der Waals surface area contributed by atoms with E-state index in [1.54, 1.807) is 0 Å². The number of aromatic hydroxyl groups is 5. The van der Waals surface area contributed by atoms with Gasteiger partial charge >= 0.3 is 5.97 Å². The molecule has 364 valence electrons. The first-order valence-corrected chi connectivity index (χ1v) is 20.4. The average Bonchev–Trinajstić information content (AvgIpc) is 3.30. The van der Waals surface area contributed by atoms with Gasteiger partial charge in [0.1, 0.15) is 101 Å². The number of benzene rings is 3. The fraction of sp³-hybridized carbons (Fsp3) is 0.442. The lowest BCUT2D eigenvalue weighted by molar-refractivity contribution is -0.382. The van der Waals surface area contributed by atoms with Crippen LogP contribution in [0.3, 0.4) is 0 Å². The van der Waals surface area contributed by atoms with Crippen molar-refractivity contribution in [3.63, 3.8) is 0 Å². The molecule has 3 aromatic carbocycles. The van der Waals surface area contributed by atoms with Crippen molar-refractivity contribution in [1.82, 2.24) is 0 Å². The minimum absolute atomic E-state index is 0.0211. The third-order valence-electron chi connectivity index (χ3n) is 11.5. The van der Waals surface area contributed by atoms with Crippen molar-refractivity contribution in [3.05, 3.63) is 76.0 Å². The Labute approximate surface area is 377 Å². The van der Waals surface area contributed by atoms with Gasteiger partial charge in [-0.15, -0.1) is 0 Å². The average molecular weight is 949 g/mol. The molecular weight excluding hydrogens is 900 g/mol. The molecule has 3 fully saturated rings. The maximum absolute atomic E-state index is 13.8. The van der Waals surface area contributed by atoms with Crippen molar-refractivity contribution in [3.8, 4) is 45.8 Å². The first-order valence-electron chi connectivity index (χ1n) is 20.4. The number of hydrogen-bond acceptors (Lipinski definition) is 24. The van der Waals surface area contributed by atoms with Gasteiger partial charge in [-0.1, -0.05) is 6.07 Å². The second-order valence-corrected chi connectivity index (χ2v) is 15.7. The van der Waals surface area contributed by atoms with E-state index in [-0.39, 0.29) is 28.4 Å². The third-order valence-corrected chi connectivity index (χ3v) is 11.5. The fourth-order valence-corrected chi connectivity index (χ4v) is 7.93. The highest BCUT2D eigenvalue weighted by Crippen LogP contribution is 2.47. The van der Waals surface area contributed by atoms with Gasteiger partial charge in [0.2, 0.25) is 0 Å². The van der Waals surface area contributed by atoms with Crippen LogP contribution >= 0.6 is 0 Å². The Hall–Kier alpha value is -5.68. The number of phenolic OH excluding ortho intramolecular Hbond substituents is 5. The van der Waals surface area contributed by atoms with Crippen LogP contribution in [0.5, 0.6) is 34.5 Å². The predicted octanol–water partition coefficient (Wildman–Crippen LogP) is -2.58. The maximum atomic E-state index is 13.8. The molecule has 3 saturated heterocycles. The molecule has 0 saturated carbocycles. The van der Waals surface area contributed by atoms with Crippen molar-refractivity contribution in [2.75, 3.05) is 26.9 Å². The normalized spacial score (nSPS) is 32.4. The second-order valence-electron chi connectivity index (χ2n) is 15.7. The van der Waals surface area contributed by atoms with Crippen molar-refractivity contribution in [1.29, 1.82) is 0 Å². The minimum Gasteiger partial charge on any atom is -0.507 e. The molecule has 0 aliphatic carbocycles. The smallest absolute Gasteiger partial charge is 0.331 e. The molecule has 24 heteroatoms. The van der Waals surface area contributed by atoms with E-state index < -0.39 is 163 Å². The molecular formula is C43H48O24. The molecule has 15 atom stereocenters. The number of aliphatic hydroxyl groups is 9. The van der Waals surface area contributed by atoms with Gasteiger partial charge in [0.05, 0.1) is 32.5 Å². The number of esters is 1. The van der Waals surface area contributed by atoms with E-state index in [1.165, 1.54) is 31.4 Å². The Morgan fingerprint density at radius 3 is 1.93 bits per heavy atom. The number of hydrogen-bond donors (Lipinski definition) is 14. The molecule has 0 unspecified atom stereocenters. The lowest BCUT2D eigenvalue weighted by atomic mass is 9.88. The highest BCUT2D eigenvalue weighted by atomic mass is 16.8. The van der Waals surface area contributed by atoms with Crippen LogP contribution in [0, 0.1) is 0 Å². The zero-order valence-corrected chi connectivity index (χ0v) is 34.9. The van der Waals surface area contributed by atoms with E-state index in [9.17, 15) is 81.1 Å². The van der Waals surface area contributed by atoms with Crippen molar-refractivity contribution in [2.24, 2.45) is 0 Å². The first kappa shape index (κ1) is 49.2. The molecule has 3 aliphatic rings. The third kappa shape index (κ3) is 9.72. The summed E-state index contributed by atoms with van der Waals surface area (Å²) in [6.45, 7) is -2.93. The van der Waals surface area contributed by atoms with Gasteiger partial charge in [-0.2, -0.15) is 0 Å². The zero-order valence-electron chi connectivity index (χ0n) is 34.9. The minimum atomic E-state index is -2.13. The van der Waals surface area contributed by atoms with Gasteiger partial charge in [0, 0.05) is 23.8 Å². The number of fused-ring (bicyclic) bond motifs is 1. The number of phenols is 5. The molecule has 0 bridgehead atoms. The lowest BCUT2D eigenvalue weighted by Gasteiger charge is -2.49. The van der Waals surface area contributed by atoms with Crippen LogP contribution in [0.15, 0.2) is 63.8 Å². The number of ether oxygens (including phenoxy) is 7. The monoisotopic (exact) mass is 948 g/mol. The van der Waals surface area contributed by atoms with Crippen LogP contribution in [0.2, 0.25) is 0 Å². The Bertz CT molecular complexity index is 2490. The number of carbonyl (C=O) groups is 1. The summed E-state index contributed by atoms with van der Waals surface area (Å²) < 4.78 is 45.8. The molecule has 24 nitrogen and oxygen atoms in total. The van der Waals surface area contributed by atoms with Crippen molar-refractivity contribution in [2.45, 2.75) is 91.9 Å². The highest BCUT2D eigenvalue weighted by molar-refractivity contribution is 5.89. The van der Waals surface area contributed by atoms with E-state index in [2.05, 4.69) is 0 Å². The molecule has 0 amide bonds. The van der Waals surface area contributed by atoms with Gasteiger partial charge in [-0.3, -0.25) is 4.79 Å². The SMILES string of the molecule is COc1cc(-c2cc(=O)c3c(O)c([C@@H]4O[C@H](CO)[C@H](O)[C@@H](O[C@H]5O[C@@H](CO)[C@H](O)[C@@H](O)[C@@H]5O[C@@H]5O[C@H](CO)[C@@H](O)[C@H](O)[C@@H]5O)[C@@H]4OC(=O)/C=C/c4ccc(O)c(O)c4)c(O)cc3o2)ccc1O. The van der Waals surface area contributed by atoms with Crippen LogP contribution in [-0.4, -0.2) is 190 Å². The zero-order chi connectivity index (χ0) is 48.6. The lowest BCUT2D eigenvalue weighted by Crippen LogP contribution is -2.66. The molecule has 3 aliphatic heterocycles. The molecule has 0 radical (unpaired) electrons. The Balaban J connectivity index is 1.32. The number of aliphatic hydroxyl groups excluding tert-OH is 9. The summed E-state index contributed by atoms with van der Waals surface area (Å²) >= 11 is 0. The summed E-state index contributed by atoms with van der Waals surface area (Å²) in [5, 5.41) is 148. The Morgan fingerprint density at radius 2 is 1.27 bits per heavy atom. The summed E-state index contributed by atoms with van der Waals surface area (Å²) in [6, 6.07) is 9.38. The largest absolute Gasteiger partial charge is 0.507 e. The van der Waals surface area contributed by atoms with Gasteiger partial charge < -0.3 is 109 Å². The summed E-state index contributed by atoms with van der Waals surface area (Å²) in [6.07, 6.45) is -27.6. The van der Waals surface area contributed by atoms with Gasteiger partial charge in [-0.25, -0.2) is 4.79 Å². The first-order chi connectivity index (χ1) is 31.9. The molecule has 14 N–H and O–H groups in total. The summed E-state index contributed by atoms with van der Waals surface area (Å²) in [7, 11) is 1.29. The van der Waals surface area contributed by atoms with Crippen molar-refractivity contribution < 1.29 is 114 Å². The number of methoxy groups -OCH3 is 1. The van der Waals surface area contributed by atoms with Crippen LogP contribution in [0.4, 0.5) is 0 Å². The fourth-order valence-electron chi connectivity index (χ4n) is 7.93.